The Morgan fingerprint density at radius 1 is 0.769 bits per heavy atom. The van der Waals surface area contributed by atoms with Crippen molar-refractivity contribution in [1.82, 2.24) is 10.6 Å². The monoisotopic (exact) mass is 374 g/mol. The molecule has 152 valence electrons. The standard InChI is InChI=1S/C18H34N2O6/c1-14(2)16(21)5-9-24-11-7-20-18(23)13-25-12-8-19-17(22)6-10-26-15(3)4/h14-15H,5-13H2,1-4H3,(H,19,22)(H,20,23). The van der Waals surface area contributed by atoms with E-state index in [-0.39, 0.29) is 42.8 Å². The van der Waals surface area contributed by atoms with Gasteiger partial charge >= 0.3 is 0 Å². The third kappa shape index (κ3) is 16.0. The average molecular weight is 374 g/mol. The molecule has 0 atom stereocenters. The van der Waals surface area contributed by atoms with Crippen LogP contribution in [0.2, 0.25) is 0 Å². The highest BCUT2D eigenvalue weighted by Crippen LogP contribution is 1.98. The molecule has 0 fully saturated rings. The van der Waals surface area contributed by atoms with Crippen molar-refractivity contribution in [1.29, 1.82) is 0 Å². The smallest absolute Gasteiger partial charge is 0.246 e. The summed E-state index contributed by atoms with van der Waals surface area (Å²) < 4.78 is 15.8. The molecule has 2 N–H and O–H groups in total. The number of amides is 2. The quantitative estimate of drug-likeness (QED) is 0.385. The number of ether oxygens (including phenoxy) is 3. The molecule has 0 rings (SSSR count). The van der Waals surface area contributed by atoms with Crippen molar-refractivity contribution in [2.45, 2.75) is 46.6 Å². The molecule has 0 spiro atoms. The molecule has 0 aliphatic carbocycles. The minimum atomic E-state index is -0.247. The van der Waals surface area contributed by atoms with Crippen molar-refractivity contribution in [2.75, 3.05) is 46.1 Å². The summed E-state index contributed by atoms with van der Waals surface area (Å²) in [6, 6.07) is 0. The predicted molar refractivity (Wildman–Crippen MR) is 97.8 cm³/mol. The Kier molecular flexibility index (Phi) is 14.8. The molecular formula is C18H34N2O6. The van der Waals surface area contributed by atoms with Crippen molar-refractivity contribution < 1.29 is 28.6 Å². The van der Waals surface area contributed by atoms with Crippen molar-refractivity contribution in [2.24, 2.45) is 5.92 Å². The van der Waals surface area contributed by atoms with E-state index in [0.717, 1.165) is 0 Å². The molecular weight excluding hydrogens is 340 g/mol. The lowest BCUT2D eigenvalue weighted by Crippen LogP contribution is -2.33. The van der Waals surface area contributed by atoms with E-state index in [1.54, 1.807) is 0 Å². The van der Waals surface area contributed by atoms with Crippen LogP contribution >= 0.6 is 0 Å². The Labute approximate surface area is 156 Å². The number of rotatable bonds is 16. The van der Waals surface area contributed by atoms with Gasteiger partial charge in [0.05, 0.1) is 32.5 Å². The third-order valence-electron chi connectivity index (χ3n) is 3.29. The van der Waals surface area contributed by atoms with Crippen LogP contribution in [0.4, 0.5) is 0 Å². The minimum absolute atomic E-state index is 0.0219. The lowest BCUT2D eigenvalue weighted by atomic mass is 10.1. The number of hydrogen-bond donors (Lipinski definition) is 2. The molecule has 0 bridgehead atoms. The second-order valence-electron chi connectivity index (χ2n) is 6.41. The van der Waals surface area contributed by atoms with Gasteiger partial charge < -0.3 is 24.8 Å². The summed E-state index contributed by atoms with van der Waals surface area (Å²) in [6.07, 6.45) is 0.809. The number of hydrogen-bond acceptors (Lipinski definition) is 6. The highest BCUT2D eigenvalue weighted by atomic mass is 16.5. The summed E-state index contributed by atoms with van der Waals surface area (Å²) in [7, 11) is 0. The predicted octanol–water partition coefficient (Wildman–Crippen LogP) is 0.682. The van der Waals surface area contributed by atoms with Crippen LogP contribution in [0.15, 0.2) is 0 Å². The van der Waals surface area contributed by atoms with E-state index < -0.39 is 0 Å². The number of ketones is 1. The fourth-order valence-electron chi connectivity index (χ4n) is 1.78. The zero-order valence-corrected chi connectivity index (χ0v) is 16.5. The lowest BCUT2D eigenvalue weighted by Gasteiger charge is -2.09. The van der Waals surface area contributed by atoms with E-state index in [9.17, 15) is 14.4 Å². The summed E-state index contributed by atoms with van der Waals surface area (Å²) in [5, 5.41) is 5.34. The normalized spacial score (nSPS) is 11.0. The topological polar surface area (TPSA) is 103 Å². The molecule has 0 saturated heterocycles. The number of carbonyl (C=O) groups is 3. The third-order valence-corrected chi connectivity index (χ3v) is 3.29. The molecule has 2 amide bonds. The highest BCUT2D eigenvalue weighted by molar-refractivity contribution is 5.80. The number of Topliss-reactive ketones (excluding diaryl/α,β-unsaturated/α-hetero) is 1. The molecule has 8 heteroatoms. The number of carbonyl (C=O) groups excluding carboxylic acids is 3. The van der Waals surface area contributed by atoms with Crippen LogP contribution < -0.4 is 10.6 Å². The van der Waals surface area contributed by atoms with Gasteiger partial charge in [0.1, 0.15) is 12.4 Å². The molecule has 0 aromatic rings. The fraction of sp³-hybridized carbons (Fsp3) is 0.833. The van der Waals surface area contributed by atoms with Crippen LogP contribution in [0, 0.1) is 5.92 Å². The first-order valence-corrected chi connectivity index (χ1v) is 9.16. The Bertz CT molecular complexity index is 412. The first-order chi connectivity index (χ1) is 12.3. The molecule has 0 saturated carbocycles. The van der Waals surface area contributed by atoms with Crippen LogP contribution in [-0.4, -0.2) is 69.8 Å². The first-order valence-electron chi connectivity index (χ1n) is 9.16. The fourth-order valence-corrected chi connectivity index (χ4v) is 1.78. The van der Waals surface area contributed by atoms with Gasteiger partial charge in [0, 0.05) is 31.8 Å². The molecule has 0 radical (unpaired) electrons. The molecule has 0 aromatic carbocycles. The summed E-state index contributed by atoms with van der Waals surface area (Å²) in [5.41, 5.74) is 0. The average Bonchev–Trinajstić information content (AvgIpc) is 2.56. The van der Waals surface area contributed by atoms with E-state index in [1.165, 1.54) is 0 Å². The molecule has 26 heavy (non-hydrogen) atoms. The summed E-state index contributed by atoms with van der Waals surface area (Å²) in [4.78, 5) is 34.4. The molecule has 0 aromatic heterocycles. The molecule has 0 aliphatic rings. The van der Waals surface area contributed by atoms with E-state index in [2.05, 4.69) is 10.6 Å². The van der Waals surface area contributed by atoms with Crippen molar-refractivity contribution in [3.63, 3.8) is 0 Å². The van der Waals surface area contributed by atoms with E-state index >= 15 is 0 Å². The second kappa shape index (κ2) is 15.7. The Morgan fingerprint density at radius 3 is 2.00 bits per heavy atom. The maximum atomic E-state index is 11.5. The maximum Gasteiger partial charge on any atom is 0.246 e. The lowest BCUT2D eigenvalue weighted by molar-refractivity contribution is -0.126. The maximum absolute atomic E-state index is 11.5. The van der Waals surface area contributed by atoms with E-state index in [1.807, 2.05) is 27.7 Å². The van der Waals surface area contributed by atoms with Gasteiger partial charge in [-0.3, -0.25) is 14.4 Å². The van der Waals surface area contributed by atoms with Gasteiger partial charge in [-0.15, -0.1) is 0 Å². The molecule has 0 aliphatic heterocycles. The van der Waals surface area contributed by atoms with Crippen LogP contribution in [-0.2, 0) is 28.6 Å². The summed E-state index contributed by atoms with van der Waals surface area (Å²) >= 11 is 0. The van der Waals surface area contributed by atoms with E-state index in [4.69, 9.17) is 14.2 Å². The van der Waals surface area contributed by atoms with Gasteiger partial charge in [0.2, 0.25) is 11.8 Å². The second-order valence-corrected chi connectivity index (χ2v) is 6.41. The zero-order chi connectivity index (χ0) is 19.8. The van der Waals surface area contributed by atoms with Gasteiger partial charge in [-0.25, -0.2) is 0 Å². The van der Waals surface area contributed by atoms with Crippen molar-refractivity contribution in [3.8, 4) is 0 Å². The summed E-state index contributed by atoms with van der Waals surface area (Å²) in [6.45, 7) is 9.55. The highest BCUT2D eigenvalue weighted by Gasteiger charge is 2.06. The Morgan fingerprint density at radius 2 is 1.38 bits per heavy atom. The first kappa shape index (κ1) is 24.5. The van der Waals surface area contributed by atoms with Crippen molar-refractivity contribution >= 4 is 17.6 Å². The summed E-state index contributed by atoms with van der Waals surface area (Å²) in [5.74, 6) is -0.161. The van der Waals surface area contributed by atoms with Gasteiger partial charge in [0.15, 0.2) is 0 Å². The van der Waals surface area contributed by atoms with E-state index in [0.29, 0.717) is 45.8 Å². The SMILES string of the molecule is CC(C)OCCC(=O)NCCOCC(=O)NCCOCCC(=O)C(C)C. The molecule has 0 unspecified atom stereocenters. The minimum Gasteiger partial charge on any atom is -0.379 e. The Hall–Kier alpha value is -1.51. The molecule has 8 nitrogen and oxygen atoms in total. The van der Waals surface area contributed by atoms with Crippen LogP contribution in [0.5, 0.6) is 0 Å². The van der Waals surface area contributed by atoms with Gasteiger partial charge in [-0.1, -0.05) is 13.8 Å². The number of nitrogens with one attached hydrogen (secondary N) is 2. The van der Waals surface area contributed by atoms with Crippen LogP contribution in [0.1, 0.15) is 40.5 Å². The largest absolute Gasteiger partial charge is 0.379 e. The Balaban J connectivity index is 3.41. The van der Waals surface area contributed by atoms with Crippen LogP contribution in [0.3, 0.4) is 0 Å². The molecule has 0 heterocycles. The van der Waals surface area contributed by atoms with Crippen molar-refractivity contribution in [3.05, 3.63) is 0 Å². The zero-order valence-electron chi connectivity index (χ0n) is 16.5. The van der Waals surface area contributed by atoms with Crippen LogP contribution in [0.25, 0.3) is 0 Å². The van der Waals surface area contributed by atoms with Gasteiger partial charge in [0.25, 0.3) is 0 Å². The van der Waals surface area contributed by atoms with Gasteiger partial charge in [-0.2, -0.15) is 0 Å². The van der Waals surface area contributed by atoms with Gasteiger partial charge in [-0.05, 0) is 13.8 Å².